The summed E-state index contributed by atoms with van der Waals surface area (Å²) in [6.45, 7) is 5.27. The number of nitrogens with zero attached hydrogens (tertiary/aromatic N) is 3. The number of piperidine rings is 1. The Morgan fingerprint density at radius 1 is 1.31 bits per heavy atom. The molecule has 0 radical (unpaired) electrons. The van der Waals surface area contributed by atoms with Gasteiger partial charge in [0.15, 0.2) is 0 Å². The number of carbonyl (C=O) groups is 1. The third-order valence-electron chi connectivity index (χ3n) is 4.95. The Balaban J connectivity index is 1.33. The fourth-order valence-electron chi connectivity index (χ4n) is 3.37. The quantitative estimate of drug-likeness (QED) is 0.736. The van der Waals surface area contributed by atoms with Crippen molar-refractivity contribution in [2.24, 2.45) is 0 Å². The van der Waals surface area contributed by atoms with Gasteiger partial charge in [-0.15, -0.1) is 0 Å². The summed E-state index contributed by atoms with van der Waals surface area (Å²) in [4.78, 5) is 18.9. The second-order valence-corrected chi connectivity index (χ2v) is 6.96. The number of aryl methyl sites for hydroxylation is 1. The van der Waals surface area contributed by atoms with Crippen LogP contribution < -0.4 is 5.32 Å². The van der Waals surface area contributed by atoms with Gasteiger partial charge in [0.05, 0.1) is 0 Å². The van der Waals surface area contributed by atoms with E-state index in [2.05, 4.69) is 27.3 Å². The van der Waals surface area contributed by atoms with Crippen LogP contribution in [0.5, 0.6) is 0 Å². The lowest BCUT2D eigenvalue weighted by Crippen LogP contribution is -2.39. The molecule has 0 spiro atoms. The Morgan fingerprint density at radius 3 is 2.96 bits per heavy atom. The first-order valence-corrected chi connectivity index (χ1v) is 9.61. The Kier molecular flexibility index (Phi) is 6.77. The molecule has 2 aromatic rings. The van der Waals surface area contributed by atoms with E-state index in [4.69, 9.17) is 4.52 Å². The van der Waals surface area contributed by atoms with Gasteiger partial charge in [-0.2, -0.15) is 4.98 Å². The van der Waals surface area contributed by atoms with Crippen molar-refractivity contribution in [3.05, 3.63) is 36.2 Å². The second kappa shape index (κ2) is 9.48. The molecule has 0 unspecified atom stereocenters. The lowest BCUT2D eigenvalue weighted by molar-refractivity contribution is -0.121. The third kappa shape index (κ3) is 5.39. The van der Waals surface area contributed by atoms with Gasteiger partial charge in [0, 0.05) is 37.5 Å². The minimum Gasteiger partial charge on any atom is -0.356 e. The third-order valence-corrected chi connectivity index (χ3v) is 4.95. The first-order chi connectivity index (χ1) is 12.7. The largest absolute Gasteiger partial charge is 0.356 e. The zero-order valence-electron chi connectivity index (χ0n) is 15.5. The van der Waals surface area contributed by atoms with Gasteiger partial charge in [-0.25, -0.2) is 0 Å². The van der Waals surface area contributed by atoms with Crippen LogP contribution in [0.1, 0.15) is 44.9 Å². The lowest BCUT2D eigenvalue weighted by Gasteiger charge is -2.33. The molecule has 1 N–H and O–H groups in total. The zero-order chi connectivity index (χ0) is 18.2. The van der Waals surface area contributed by atoms with Crippen LogP contribution in [0.3, 0.4) is 0 Å². The molecule has 0 saturated carbocycles. The zero-order valence-corrected chi connectivity index (χ0v) is 15.5. The van der Waals surface area contributed by atoms with E-state index in [0.29, 0.717) is 30.6 Å². The van der Waals surface area contributed by atoms with Crippen LogP contribution in [0.25, 0.3) is 11.4 Å². The molecule has 1 amide bonds. The highest BCUT2D eigenvalue weighted by Crippen LogP contribution is 2.16. The van der Waals surface area contributed by atoms with E-state index in [1.807, 2.05) is 30.3 Å². The highest BCUT2D eigenvalue weighted by molar-refractivity contribution is 5.75. The number of carbonyl (C=O) groups excluding carboxylic acids is 1. The molecule has 0 aliphatic carbocycles. The fourth-order valence-corrected chi connectivity index (χ4v) is 3.37. The predicted octanol–water partition coefficient (Wildman–Crippen LogP) is 3.05. The Morgan fingerprint density at radius 2 is 2.15 bits per heavy atom. The SMILES string of the molecule is C[C@H]1CCCCN1CCCNC(=O)CCc1nc(-c2ccccc2)no1. The first kappa shape index (κ1) is 18.6. The van der Waals surface area contributed by atoms with Gasteiger partial charge >= 0.3 is 0 Å². The van der Waals surface area contributed by atoms with Crippen molar-refractivity contribution in [2.45, 2.75) is 51.5 Å². The van der Waals surface area contributed by atoms with Gasteiger partial charge in [0.1, 0.15) is 0 Å². The molecule has 1 aromatic carbocycles. The highest BCUT2D eigenvalue weighted by atomic mass is 16.5. The van der Waals surface area contributed by atoms with Gasteiger partial charge in [-0.3, -0.25) is 4.79 Å². The fraction of sp³-hybridized carbons (Fsp3) is 0.550. The maximum absolute atomic E-state index is 12.0. The summed E-state index contributed by atoms with van der Waals surface area (Å²) < 4.78 is 5.24. The highest BCUT2D eigenvalue weighted by Gasteiger charge is 2.17. The molecule has 1 aliphatic heterocycles. The summed E-state index contributed by atoms with van der Waals surface area (Å²) in [6.07, 6.45) is 5.77. The monoisotopic (exact) mass is 356 g/mol. The van der Waals surface area contributed by atoms with E-state index < -0.39 is 0 Å². The number of likely N-dealkylation sites (tertiary alicyclic amines) is 1. The van der Waals surface area contributed by atoms with Crippen molar-refractivity contribution in [1.82, 2.24) is 20.4 Å². The predicted molar refractivity (Wildman–Crippen MR) is 101 cm³/mol. The summed E-state index contributed by atoms with van der Waals surface area (Å²) in [5, 5.41) is 6.97. The maximum atomic E-state index is 12.0. The molecular formula is C20H28N4O2. The van der Waals surface area contributed by atoms with Crippen LogP contribution in [-0.4, -0.2) is 46.6 Å². The molecule has 1 saturated heterocycles. The molecule has 140 valence electrons. The Bertz CT molecular complexity index is 686. The van der Waals surface area contributed by atoms with Gasteiger partial charge in [0.25, 0.3) is 0 Å². The molecule has 1 aromatic heterocycles. The van der Waals surface area contributed by atoms with E-state index in [1.165, 1.54) is 25.8 Å². The van der Waals surface area contributed by atoms with Gasteiger partial charge < -0.3 is 14.7 Å². The summed E-state index contributed by atoms with van der Waals surface area (Å²) in [6, 6.07) is 10.4. The van der Waals surface area contributed by atoms with E-state index in [9.17, 15) is 4.79 Å². The average Bonchev–Trinajstić information content (AvgIpc) is 3.15. The Hall–Kier alpha value is -2.21. The van der Waals surface area contributed by atoms with Crippen molar-refractivity contribution in [1.29, 1.82) is 0 Å². The van der Waals surface area contributed by atoms with E-state index in [-0.39, 0.29) is 5.91 Å². The molecule has 6 nitrogen and oxygen atoms in total. The standard InChI is InChI=1S/C20H28N4O2/c1-16-8-5-6-14-24(16)15-7-13-21-18(25)11-12-19-22-20(23-26-19)17-9-3-2-4-10-17/h2-4,9-10,16H,5-8,11-15H2,1H3,(H,21,25)/t16-/m0/s1. The molecule has 1 atom stereocenters. The number of amides is 1. The molecule has 1 aliphatic rings. The average molecular weight is 356 g/mol. The minimum absolute atomic E-state index is 0.0381. The number of hydrogen-bond donors (Lipinski definition) is 1. The number of nitrogens with one attached hydrogen (secondary N) is 1. The first-order valence-electron chi connectivity index (χ1n) is 9.61. The summed E-state index contributed by atoms with van der Waals surface area (Å²) in [5.74, 6) is 1.11. The number of aromatic nitrogens is 2. The lowest BCUT2D eigenvalue weighted by atomic mass is 10.0. The van der Waals surface area contributed by atoms with Crippen molar-refractivity contribution in [2.75, 3.05) is 19.6 Å². The van der Waals surface area contributed by atoms with E-state index >= 15 is 0 Å². The van der Waals surface area contributed by atoms with Crippen molar-refractivity contribution in [3.8, 4) is 11.4 Å². The Labute approximate surface area is 155 Å². The van der Waals surface area contributed by atoms with Crippen LogP contribution >= 0.6 is 0 Å². The smallest absolute Gasteiger partial charge is 0.227 e. The molecule has 2 heterocycles. The second-order valence-electron chi connectivity index (χ2n) is 6.96. The molecule has 1 fully saturated rings. The molecule has 3 rings (SSSR count). The van der Waals surface area contributed by atoms with E-state index in [1.54, 1.807) is 0 Å². The molecule has 26 heavy (non-hydrogen) atoms. The van der Waals surface area contributed by atoms with Crippen LogP contribution in [0.15, 0.2) is 34.9 Å². The van der Waals surface area contributed by atoms with Crippen LogP contribution in [0, 0.1) is 0 Å². The summed E-state index contributed by atoms with van der Waals surface area (Å²) >= 11 is 0. The van der Waals surface area contributed by atoms with Crippen LogP contribution in [-0.2, 0) is 11.2 Å². The van der Waals surface area contributed by atoms with Crippen LogP contribution in [0.4, 0.5) is 0 Å². The van der Waals surface area contributed by atoms with Gasteiger partial charge in [-0.05, 0) is 32.7 Å². The van der Waals surface area contributed by atoms with E-state index in [0.717, 1.165) is 25.1 Å². The number of hydrogen-bond acceptors (Lipinski definition) is 5. The molecule has 0 bridgehead atoms. The van der Waals surface area contributed by atoms with Crippen LogP contribution in [0.2, 0.25) is 0 Å². The van der Waals surface area contributed by atoms with Gasteiger partial charge in [-0.1, -0.05) is 41.9 Å². The number of rotatable bonds is 8. The van der Waals surface area contributed by atoms with Crippen molar-refractivity contribution in [3.63, 3.8) is 0 Å². The summed E-state index contributed by atoms with van der Waals surface area (Å²) in [5.41, 5.74) is 0.916. The van der Waals surface area contributed by atoms with Crippen molar-refractivity contribution < 1.29 is 9.32 Å². The topological polar surface area (TPSA) is 71.3 Å². The molecular weight excluding hydrogens is 328 g/mol. The van der Waals surface area contributed by atoms with Crippen molar-refractivity contribution >= 4 is 5.91 Å². The summed E-state index contributed by atoms with van der Waals surface area (Å²) in [7, 11) is 0. The maximum Gasteiger partial charge on any atom is 0.227 e. The minimum atomic E-state index is 0.0381. The number of benzene rings is 1. The normalized spacial score (nSPS) is 18.0. The van der Waals surface area contributed by atoms with Gasteiger partial charge in [0.2, 0.25) is 17.6 Å². The molecule has 6 heteroatoms.